The molecule has 0 saturated carbocycles. The number of nitrogens with zero attached hydrogens (tertiary/aromatic N) is 1. The quantitative estimate of drug-likeness (QED) is 0.250. The summed E-state index contributed by atoms with van der Waals surface area (Å²) in [6.07, 6.45) is 0. The Morgan fingerprint density at radius 3 is 2.54 bits per heavy atom. The van der Waals surface area contributed by atoms with Gasteiger partial charge in [0.2, 0.25) is 0 Å². The van der Waals surface area contributed by atoms with Crippen molar-refractivity contribution in [3.63, 3.8) is 0 Å². The van der Waals surface area contributed by atoms with Crippen LogP contribution in [0.5, 0.6) is 0 Å². The Labute approximate surface area is 177 Å². The average Bonchev–Trinajstić information content (AvgIpc) is 3.08. The number of nitrogens with two attached hydrogens (primary N) is 1. The van der Waals surface area contributed by atoms with Gasteiger partial charge in [0.25, 0.3) is 5.91 Å². The SMILES string of the molecule is C=NSc1ccc(C(=O)Nc2csc(-c3ccc(Br)cc3)c2C(=O)O)cc1N. The maximum absolute atomic E-state index is 12.6. The normalized spacial score (nSPS) is 10.5. The Bertz CT molecular complexity index is 1060. The number of carboxylic acids is 1. The first-order valence-electron chi connectivity index (χ1n) is 7.85. The van der Waals surface area contributed by atoms with Gasteiger partial charge in [-0.1, -0.05) is 28.1 Å². The molecule has 142 valence electrons. The third-order valence-electron chi connectivity index (χ3n) is 3.79. The van der Waals surface area contributed by atoms with Gasteiger partial charge < -0.3 is 16.2 Å². The van der Waals surface area contributed by atoms with Gasteiger partial charge in [-0.2, -0.15) is 0 Å². The fraction of sp³-hybridized carbons (Fsp3) is 0. The predicted octanol–water partition coefficient (Wildman–Crippen LogP) is 5.42. The molecular weight excluding hydrogens is 462 g/mol. The molecule has 0 unspecified atom stereocenters. The van der Waals surface area contributed by atoms with E-state index in [2.05, 4.69) is 32.4 Å². The molecule has 0 radical (unpaired) electrons. The standard InChI is InChI=1S/C19H14BrN3O3S2/c1-22-28-15-7-4-11(8-13(15)21)18(24)23-14-9-27-17(16(14)19(25)26)10-2-5-12(20)6-3-10/h2-9H,1,21H2,(H,23,24)(H,25,26). The summed E-state index contributed by atoms with van der Waals surface area (Å²) < 4.78 is 4.59. The molecule has 1 amide bonds. The molecule has 2 aromatic carbocycles. The lowest BCUT2D eigenvalue weighted by molar-refractivity contribution is 0.0699. The number of aromatic carboxylic acids is 1. The number of nitrogen functional groups attached to an aromatic ring is 1. The Kier molecular flexibility index (Phi) is 6.18. The number of nitrogens with one attached hydrogen (secondary N) is 1. The molecule has 0 saturated heterocycles. The molecule has 0 spiro atoms. The van der Waals surface area contributed by atoms with Gasteiger partial charge in [-0.3, -0.25) is 4.79 Å². The topological polar surface area (TPSA) is 105 Å². The molecule has 1 heterocycles. The molecular formula is C19H14BrN3O3S2. The molecule has 9 heteroatoms. The van der Waals surface area contributed by atoms with Gasteiger partial charge in [0.15, 0.2) is 0 Å². The second-order valence-corrected chi connectivity index (χ2v) is 8.27. The van der Waals surface area contributed by atoms with Crippen LogP contribution in [0.2, 0.25) is 0 Å². The Morgan fingerprint density at radius 2 is 1.93 bits per heavy atom. The minimum atomic E-state index is -1.11. The molecule has 4 N–H and O–H groups in total. The van der Waals surface area contributed by atoms with Crippen LogP contribution in [-0.2, 0) is 0 Å². The third-order valence-corrected chi connectivity index (χ3v) is 6.05. The van der Waals surface area contributed by atoms with Crippen molar-refractivity contribution in [2.75, 3.05) is 11.1 Å². The van der Waals surface area contributed by atoms with Crippen molar-refractivity contribution in [3.8, 4) is 10.4 Å². The minimum absolute atomic E-state index is 0.0525. The van der Waals surface area contributed by atoms with E-state index >= 15 is 0 Å². The van der Waals surface area contributed by atoms with Crippen molar-refractivity contribution in [1.29, 1.82) is 0 Å². The third kappa shape index (κ3) is 4.27. The van der Waals surface area contributed by atoms with Crippen molar-refractivity contribution in [2.45, 2.75) is 4.90 Å². The van der Waals surface area contributed by atoms with Crippen LogP contribution in [-0.4, -0.2) is 23.7 Å². The van der Waals surface area contributed by atoms with Gasteiger partial charge in [0.1, 0.15) is 5.56 Å². The lowest BCUT2D eigenvalue weighted by Crippen LogP contribution is -2.14. The number of hydrogen-bond acceptors (Lipinski definition) is 6. The molecule has 3 aromatic rings. The number of carbonyl (C=O) groups excluding carboxylic acids is 1. The zero-order valence-electron chi connectivity index (χ0n) is 14.3. The summed E-state index contributed by atoms with van der Waals surface area (Å²) in [4.78, 5) is 25.7. The van der Waals surface area contributed by atoms with Crippen LogP contribution >= 0.6 is 39.2 Å². The van der Waals surface area contributed by atoms with Crippen LogP contribution in [0.1, 0.15) is 20.7 Å². The average molecular weight is 476 g/mol. The molecule has 28 heavy (non-hydrogen) atoms. The highest BCUT2D eigenvalue weighted by Gasteiger charge is 2.21. The highest BCUT2D eigenvalue weighted by Crippen LogP contribution is 2.37. The summed E-state index contributed by atoms with van der Waals surface area (Å²) in [6, 6.07) is 12.1. The highest BCUT2D eigenvalue weighted by molar-refractivity contribution is 9.10. The van der Waals surface area contributed by atoms with Crippen molar-refractivity contribution in [2.24, 2.45) is 4.40 Å². The summed E-state index contributed by atoms with van der Waals surface area (Å²) in [5, 5.41) is 14.0. The molecule has 0 aliphatic heterocycles. The first-order valence-corrected chi connectivity index (χ1v) is 10.3. The predicted molar refractivity (Wildman–Crippen MR) is 119 cm³/mol. The van der Waals surface area contributed by atoms with Gasteiger partial charge in [-0.25, -0.2) is 9.19 Å². The number of rotatable bonds is 6. The van der Waals surface area contributed by atoms with Crippen molar-refractivity contribution < 1.29 is 14.7 Å². The van der Waals surface area contributed by atoms with Crippen LogP contribution in [0.3, 0.4) is 0 Å². The molecule has 1 aromatic heterocycles. The fourth-order valence-corrected chi connectivity index (χ4v) is 4.21. The fourth-order valence-electron chi connectivity index (χ4n) is 2.51. The van der Waals surface area contributed by atoms with Gasteiger partial charge in [-0.05, 0) is 42.6 Å². The van der Waals surface area contributed by atoms with Gasteiger partial charge in [0, 0.05) is 33.1 Å². The van der Waals surface area contributed by atoms with Crippen LogP contribution in [0.15, 0.2) is 61.6 Å². The monoisotopic (exact) mass is 475 g/mol. The maximum atomic E-state index is 12.6. The summed E-state index contributed by atoms with van der Waals surface area (Å²) >= 11 is 5.73. The van der Waals surface area contributed by atoms with E-state index in [-0.39, 0.29) is 11.3 Å². The first kappa shape index (κ1) is 20.1. The molecule has 6 nitrogen and oxygen atoms in total. The van der Waals surface area contributed by atoms with E-state index in [4.69, 9.17) is 5.73 Å². The van der Waals surface area contributed by atoms with E-state index in [1.165, 1.54) is 17.4 Å². The lowest BCUT2D eigenvalue weighted by atomic mass is 10.1. The van der Waals surface area contributed by atoms with E-state index in [1.807, 2.05) is 24.3 Å². The van der Waals surface area contributed by atoms with Crippen LogP contribution < -0.4 is 11.1 Å². The van der Waals surface area contributed by atoms with Crippen molar-refractivity contribution >= 4 is 69.2 Å². The van der Waals surface area contributed by atoms with Crippen molar-refractivity contribution in [3.05, 3.63) is 63.4 Å². The molecule has 0 bridgehead atoms. The van der Waals surface area contributed by atoms with E-state index < -0.39 is 11.9 Å². The van der Waals surface area contributed by atoms with E-state index in [1.54, 1.807) is 17.5 Å². The van der Waals surface area contributed by atoms with Crippen LogP contribution in [0.25, 0.3) is 10.4 Å². The van der Waals surface area contributed by atoms with Gasteiger partial charge in [-0.15, -0.1) is 11.3 Å². The molecule has 3 rings (SSSR count). The number of halogens is 1. The number of amides is 1. The molecule has 0 aliphatic rings. The van der Waals surface area contributed by atoms with E-state index in [0.717, 1.165) is 22.0 Å². The molecule has 0 aliphatic carbocycles. The number of thiophene rings is 1. The highest BCUT2D eigenvalue weighted by atomic mass is 79.9. The number of hydrogen-bond donors (Lipinski definition) is 3. The Morgan fingerprint density at radius 1 is 1.21 bits per heavy atom. The zero-order chi connectivity index (χ0) is 20.3. The number of carboxylic acid groups (broad SMARTS) is 1. The summed E-state index contributed by atoms with van der Waals surface area (Å²) in [6.45, 7) is 3.39. The van der Waals surface area contributed by atoms with E-state index in [9.17, 15) is 14.7 Å². The number of benzene rings is 2. The summed E-state index contributed by atoms with van der Waals surface area (Å²) in [5.74, 6) is -1.56. The van der Waals surface area contributed by atoms with E-state index in [0.29, 0.717) is 21.0 Å². The lowest BCUT2D eigenvalue weighted by Gasteiger charge is -2.08. The summed E-state index contributed by atoms with van der Waals surface area (Å²) in [5.41, 5.74) is 7.69. The summed E-state index contributed by atoms with van der Waals surface area (Å²) in [7, 11) is 0. The largest absolute Gasteiger partial charge is 0.478 e. The van der Waals surface area contributed by atoms with Crippen LogP contribution in [0, 0.1) is 0 Å². The first-order chi connectivity index (χ1) is 13.4. The number of carbonyl (C=O) groups is 2. The van der Waals surface area contributed by atoms with Gasteiger partial charge in [0.05, 0.1) is 15.5 Å². The second kappa shape index (κ2) is 8.59. The van der Waals surface area contributed by atoms with Crippen molar-refractivity contribution in [1.82, 2.24) is 0 Å². The second-order valence-electron chi connectivity index (χ2n) is 5.59. The Hall–Kier alpha value is -2.62. The maximum Gasteiger partial charge on any atom is 0.339 e. The zero-order valence-corrected chi connectivity index (χ0v) is 17.5. The van der Waals surface area contributed by atoms with Crippen LogP contribution in [0.4, 0.5) is 11.4 Å². The number of anilines is 2. The molecule has 0 fully saturated rings. The van der Waals surface area contributed by atoms with Gasteiger partial charge >= 0.3 is 5.97 Å². The minimum Gasteiger partial charge on any atom is -0.478 e. The molecule has 0 atom stereocenters. The smallest absolute Gasteiger partial charge is 0.339 e. The Balaban J connectivity index is 1.91.